The van der Waals surface area contributed by atoms with Crippen LogP contribution >= 0.6 is 0 Å². The van der Waals surface area contributed by atoms with Gasteiger partial charge >= 0.3 is 0 Å². The summed E-state index contributed by atoms with van der Waals surface area (Å²) in [7, 11) is 0. The third-order valence-corrected chi connectivity index (χ3v) is 2.88. The van der Waals surface area contributed by atoms with E-state index in [1.54, 1.807) is 18.5 Å². The number of aliphatic hydroxyl groups is 1. The Bertz CT molecular complexity index is 600. The van der Waals surface area contributed by atoms with Crippen LogP contribution in [0.15, 0.2) is 55.4 Å². The van der Waals surface area contributed by atoms with Crippen molar-refractivity contribution < 1.29 is 5.11 Å². The van der Waals surface area contributed by atoms with Crippen LogP contribution in [-0.4, -0.2) is 15.1 Å². The summed E-state index contributed by atoms with van der Waals surface area (Å²) in [5.41, 5.74) is 3.71. The third kappa shape index (κ3) is 2.95. The molecule has 1 heterocycles. The van der Waals surface area contributed by atoms with Gasteiger partial charge in [0.25, 0.3) is 0 Å². The molecule has 0 bridgehead atoms. The molecule has 1 aromatic carbocycles. The fourth-order valence-corrected chi connectivity index (χ4v) is 1.84. The van der Waals surface area contributed by atoms with Gasteiger partial charge in [0, 0.05) is 23.5 Å². The van der Waals surface area contributed by atoms with Crippen LogP contribution in [0.25, 0.3) is 17.0 Å². The molecule has 0 radical (unpaired) electrons. The van der Waals surface area contributed by atoms with Gasteiger partial charge in [0.2, 0.25) is 0 Å². The van der Waals surface area contributed by atoms with Gasteiger partial charge in [-0.15, -0.1) is 0 Å². The zero-order chi connectivity index (χ0) is 13.7. The van der Waals surface area contributed by atoms with Crippen LogP contribution in [0.5, 0.6) is 0 Å². The average molecular weight is 252 g/mol. The minimum Gasteiger partial charge on any atom is -0.392 e. The molecule has 0 fully saturated rings. The van der Waals surface area contributed by atoms with E-state index in [0.717, 1.165) is 22.3 Å². The maximum Gasteiger partial charge on any atom is 0.159 e. The van der Waals surface area contributed by atoms with Crippen molar-refractivity contribution >= 4 is 5.57 Å². The first-order chi connectivity index (χ1) is 9.28. The molecule has 2 aromatic rings. The minimum absolute atomic E-state index is 0.0190. The van der Waals surface area contributed by atoms with E-state index in [1.165, 1.54) is 0 Å². The van der Waals surface area contributed by atoms with Crippen molar-refractivity contribution in [2.45, 2.75) is 13.5 Å². The van der Waals surface area contributed by atoms with Crippen molar-refractivity contribution in [3.63, 3.8) is 0 Å². The molecule has 3 nitrogen and oxygen atoms in total. The lowest BCUT2D eigenvalue weighted by atomic mass is 10.1. The summed E-state index contributed by atoms with van der Waals surface area (Å²) in [6.07, 6.45) is 7.32. The number of rotatable bonds is 4. The quantitative estimate of drug-likeness (QED) is 0.850. The van der Waals surface area contributed by atoms with E-state index < -0.39 is 0 Å². The molecule has 0 aliphatic heterocycles. The van der Waals surface area contributed by atoms with E-state index in [2.05, 4.69) is 16.5 Å². The monoisotopic (exact) mass is 252 g/mol. The molecule has 0 saturated heterocycles. The van der Waals surface area contributed by atoms with Gasteiger partial charge in [0.05, 0.1) is 6.61 Å². The Balaban J connectivity index is 2.34. The first kappa shape index (κ1) is 13.2. The van der Waals surface area contributed by atoms with E-state index in [0.29, 0.717) is 5.82 Å². The summed E-state index contributed by atoms with van der Waals surface area (Å²) in [5.74, 6) is 0.651. The highest BCUT2D eigenvalue weighted by Crippen LogP contribution is 2.19. The van der Waals surface area contributed by atoms with Crippen LogP contribution < -0.4 is 0 Å². The zero-order valence-electron chi connectivity index (χ0n) is 10.9. The topological polar surface area (TPSA) is 46.0 Å². The minimum atomic E-state index is 0.0190. The van der Waals surface area contributed by atoms with Crippen molar-refractivity contribution in [1.29, 1.82) is 0 Å². The summed E-state index contributed by atoms with van der Waals surface area (Å²) < 4.78 is 0. The molecule has 2 rings (SSSR count). The highest BCUT2D eigenvalue weighted by molar-refractivity contribution is 5.72. The smallest absolute Gasteiger partial charge is 0.159 e. The highest BCUT2D eigenvalue weighted by atomic mass is 16.3. The average Bonchev–Trinajstić information content (AvgIpc) is 2.49. The number of allylic oxidation sites excluding steroid dienone is 3. The van der Waals surface area contributed by atoms with Gasteiger partial charge in [-0.25, -0.2) is 9.97 Å². The van der Waals surface area contributed by atoms with E-state index in [1.807, 2.05) is 37.3 Å². The molecule has 0 atom stereocenters. The van der Waals surface area contributed by atoms with Gasteiger partial charge in [0.15, 0.2) is 5.82 Å². The number of aromatic nitrogens is 2. The number of aliphatic hydroxyl groups excluding tert-OH is 1. The largest absolute Gasteiger partial charge is 0.392 e. The van der Waals surface area contributed by atoms with Gasteiger partial charge in [-0.05, 0) is 24.1 Å². The molecule has 0 saturated carbocycles. The van der Waals surface area contributed by atoms with Crippen molar-refractivity contribution in [1.82, 2.24) is 9.97 Å². The van der Waals surface area contributed by atoms with Crippen LogP contribution in [0, 0.1) is 0 Å². The molecule has 0 aliphatic rings. The summed E-state index contributed by atoms with van der Waals surface area (Å²) in [5, 5.41) is 9.13. The van der Waals surface area contributed by atoms with Gasteiger partial charge in [-0.3, -0.25) is 0 Å². The highest BCUT2D eigenvalue weighted by Gasteiger charge is 2.03. The second kappa shape index (κ2) is 6.07. The van der Waals surface area contributed by atoms with Crippen LogP contribution in [0.1, 0.15) is 18.1 Å². The van der Waals surface area contributed by atoms with E-state index >= 15 is 0 Å². The fourth-order valence-electron chi connectivity index (χ4n) is 1.84. The normalized spacial score (nSPS) is 11.4. The third-order valence-electron chi connectivity index (χ3n) is 2.88. The molecule has 0 amide bonds. The molecule has 1 aromatic heterocycles. The standard InChI is InChI=1S/C16H16N2O/c1-3-13(4-2)15-9-17-16(18-10-15)14-7-5-6-12(8-14)11-19/h3-10,19H,1,11H2,2H3/b13-4+. The lowest BCUT2D eigenvalue weighted by Crippen LogP contribution is -1.92. The maximum absolute atomic E-state index is 9.13. The zero-order valence-corrected chi connectivity index (χ0v) is 10.9. The Labute approximate surface area is 113 Å². The van der Waals surface area contributed by atoms with Gasteiger partial charge in [0.1, 0.15) is 0 Å². The Kier molecular flexibility index (Phi) is 4.21. The molecule has 0 aliphatic carbocycles. The number of nitrogens with zero attached hydrogens (tertiary/aromatic N) is 2. The molecule has 1 N–H and O–H groups in total. The SMILES string of the molecule is C=C/C(=C\C)c1cnc(-c2cccc(CO)c2)nc1. The molecule has 0 spiro atoms. The second-order valence-corrected chi connectivity index (χ2v) is 4.10. The van der Waals surface area contributed by atoms with Gasteiger partial charge < -0.3 is 5.11 Å². The van der Waals surface area contributed by atoms with Crippen molar-refractivity contribution in [2.75, 3.05) is 0 Å². The molecule has 0 unspecified atom stereocenters. The van der Waals surface area contributed by atoms with E-state index in [4.69, 9.17) is 5.11 Å². The summed E-state index contributed by atoms with van der Waals surface area (Å²) in [4.78, 5) is 8.72. The molecule has 19 heavy (non-hydrogen) atoms. The Hall–Kier alpha value is -2.26. The van der Waals surface area contributed by atoms with Crippen LogP contribution in [-0.2, 0) is 6.61 Å². The van der Waals surface area contributed by atoms with Gasteiger partial charge in [-0.2, -0.15) is 0 Å². The number of benzene rings is 1. The lowest BCUT2D eigenvalue weighted by Gasteiger charge is -2.04. The lowest BCUT2D eigenvalue weighted by molar-refractivity contribution is 0.282. The predicted molar refractivity (Wildman–Crippen MR) is 77.2 cm³/mol. The van der Waals surface area contributed by atoms with E-state index in [9.17, 15) is 0 Å². The first-order valence-corrected chi connectivity index (χ1v) is 6.10. The van der Waals surface area contributed by atoms with Crippen LogP contribution in [0.2, 0.25) is 0 Å². The summed E-state index contributed by atoms with van der Waals surface area (Å²) in [6.45, 7) is 5.73. The molecular weight excluding hydrogens is 236 g/mol. The number of hydrogen-bond acceptors (Lipinski definition) is 3. The number of hydrogen-bond donors (Lipinski definition) is 1. The first-order valence-electron chi connectivity index (χ1n) is 6.10. The fraction of sp³-hybridized carbons (Fsp3) is 0.125. The molecule has 3 heteroatoms. The molecular formula is C16H16N2O. The van der Waals surface area contributed by atoms with Crippen molar-refractivity contribution in [3.8, 4) is 11.4 Å². The Morgan fingerprint density at radius 3 is 2.63 bits per heavy atom. The van der Waals surface area contributed by atoms with Crippen LogP contribution in [0.3, 0.4) is 0 Å². The van der Waals surface area contributed by atoms with Crippen LogP contribution in [0.4, 0.5) is 0 Å². The molecule has 96 valence electrons. The predicted octanol–water partition coefficient (Wildman–Crippen LogP) is 3.23. The second-order valence-electron chi connectivity index (χ2n) is 4.10. The van der Waals surface area contributed by atoms with E-state index in [-0.39, 0.29) is 6.61 Å². The Morgan fingerprint density at radius 1 is 1.32 bits per heavy atom. The van der Waals surface area contributed by atoms with Crippen molar-refractivity contribution in [2.24, 2.45) is 0 Å². The van der Waals surface area contributed by atoms with Gasteiger partial charge in [-0.1, -0.05) is 36.9 Å². The maximum atomic E-state index is 9.13. The Morgan fingerprint density at radius 2 is 2.05 bits per heavy atom. The summed E-state index contributed by atoms with van der Waals surface area (Å²) in [6, 6.07) is 7.57. The summed E-state index contributed by atoms with van der Waals surface area (Å²) >= 11 is 0. The van der Waals surface area contributed by atoms with Crippen molar-refractivity contribution in [3.05, 3.63) is 66.5 Å².